The molecule has 4 rings (SSSR count). The van der Waals surface area contributed by atoms with Gasteiger partial charge in [-0.3, -0.25) is 14.9 Å². The second-order valence-electron chi connectivity index (χ2n) is 7.16. The van der Waals surface area contributed by atoms with Crippen LogP contribution in [0.2, 0.25) is 0 Å². The van der Waals surface area contributed by atoms with Gasteiger partial charge in [0.15, 0.2) is 0 Å². The van der Waals surface area contributed by atoms with E-state index in [9.17, 15) is 4.39 Å². The zero-order chi connectivity index (χ0) is 19.9. The molecule has 0 radical (unpaired) electrons. The standard InChI is InChI=1S/C22H25FN6/c23-19-6-4-18(5-7-19)21(27-15-20-3-1-2-8-25-20)17-28-11-13-29(14-12-28)22-16-24-9-10-26-22/h1-10,16,21,27H,11-15,17H2. The van der Waals surface area contributed by atoms with Crippen LogP contribution in [0.3, 0.4) is 0 Å². The van der Waals surface area contributed by atoms with Crippen molar-refractivity contribution in [2.75, 3.05) is 37.6 Å². The van der Waals surface area contributed by atoms with Crippen LogP contribution >= 0.6 is 0 Å². The van der Waals surface area contributed by atoms with Crippen molar-refractivity contribution < 1.29 is 4.39 Å². The van der Waals surface area contributed by atoms with Gasteiger partial charge in [0, 0.05) is 63.9 Å². The minimum Gasteiger partial charge on any atom is -0.353 e. The minimum atomic E-state index is -0.213. The summed E-state index contributed by atoms with van der Waals surface area (Å²) < 4.78 is 13.4. The number of rotatable bonds is 7. The van der Waals surface area contributed by atoms with E-state index in [1.165, 1.54) is 12.1 Å². The highest BCUT2D eigenvalue weighted by atomic mass is 19.1. The molecule has 1 aliphatic rings. The number of nitrogens with zero attached hydrogens (tertiary/aromatic N) is 5. The molecule has 0 bridgehead atoms. The van der Waals surface area contributed by atoms with E-state index in [4.69, 9.17) is 0 Å². The third-order valence-electron chi connectivity index (χ3n) is 5.21. The molecular weight excluding hydrogens is 367 g/mol. The number of nitrogens with one attached hydrogen (secondary N) is 1. The van der Waals surface area contributed by atoms with Crippen LogP contribution in [0.4, 0.5) is 10.2 Å². The fourth-order valence-electron chi connectivity index (χ4n) is 3.59. The monoisotopic (exact) mass is 392 g/mol. The van der Waals surface area contributed by atoms with Crippen LogP contribution in [-0.4, -0.2) is 52.6 Å². The second-order valence-corrected chi connectivity index (χ2v) is 7.16. The maximum absolute atomic E-state index is 13.4. The first-order chi connectivity index (χ1) is 14.3. The van der Waals surface area contributed by atoms with Crippen LogP contribution < -0.4 is 10.2 Å². The molecule has 1 unspecified atom stereocenters. The van der Waals surface area contributed by atoms with Crippen molar-refractivity contribution in [2.24, 2.45) is 0 Å². The van der Waals surface area contributed by atoms with Crippen molar-refractivity contribution in [3.8, 4) is 0 Å². The molecule has 1 fully saturated rings. The summed E-state index contributed by atoms with van der Waals surface area (Å²) in [4.78, 5) is 17.7. The Bertz CT molecular complexity index is 867. The average molecular weight is 392 g/mol. The Morgan fingerprint density at radius 3 is 2.45 bits per heavy atom. The maximum Gasteiger partial charge on any atom is 0.147 e. The van der Waals surface area contributed by atoms with Crippen molar-refractivity contribution in [3.63, 3.8) is 0 Å². The van der Waals surface area contributed by atoms with Gasteiger partial charge >= 0.3 is 0 Å². The molecule has 29 heavy (non-hydrogen) atoms. The summed E-state index contributed by atoms with van der Waals surface area (Å²) in [6.07, 6.45) is 7.04. The van der Waals surface area contributed by atoms with Gasteiger partial charge in [0.05, 0.1) is 11.9 Å². The van der Waals surface area contributed by atoms with Gasteiger partial charge in [0.2, 0.25) is 0 Å². The highest BCUT2D eigenvalue weighted by molar-refractivity contribution is 5.35. The maximum atomic E-state index is 13.4. The summed E-state index contributed by atoms with van der Waals surface area (Å²) >= 11 is 0. The van der Waals surface area contributed by atoms with Crippen LogP contribution in [0, 0.1) is 5.82 Å². The summed E-state index contributed by atoms with van der Waals surface area (Å²) in [5.74, 6) is 0.713. The average Bonchev–Trinajstić information content (AvgIpc) is 2.79. The number of benzene rings is 1. The van der Waals surface area contributed by atoms with E-state index >= 15 is 0 Å². The number of aromatic nitrogens is 3. The molecule has 2 aromatic heterocycles. The Morgan fingerprint density at radius 1 is 0.931 bits per heavy atom. The number of hydrogen-bond acceptors (Lipinski definition) is 6. The second kappa shape index (κ2) is 9.54. The summed E-state index contributed by atoms with van der Waals surface area (Å²) in [5, 5.41) is 3.60. The summed E-state index contributed by atoms with van der Waals surface area (Å²) in [6, 6.07) is 12.8. The molecule has 3 heterocycles. The first-order valence-corrected chi connectivity index (χ1v) is 9.90. The highest BCUT2D eigenvalue weighted by Gasteiger charge is 2.22. The summed E-state index contributed by atoms with van der Waals surface area (Å²) in [6.45, 7) is 5.23. The Morgan fingerprint density at radius 2 is 1.76 bits per heavy atom. The fourth-order valence-corrected chi connectivity index (χ4v) is 3.59. The van der Waals surface area contributed by atoms with Crippen LogP contribution in [0.1, 0.15) is 17.3 Å². The molecule has 150 valence electrons. The molecule has 1 aliphatic heterocycles. The SMILES string of the molecule is Fc1ccc(C(CN2CCN(c3cnccn3)CC2)NCc2ccccn2)cc1. The molecule has 0 amide bonds. The van der Waals surface area contributed by atoms with E-state index < -0.39 is 0 Å². The van der Waals surface area contributed by atoms with Gasteiger partial charge in [0.25, 0.3) is 0 Å². The molecule has 0 spiro atoms. The third kappa shape index (κ3) is 5.34. The lowest BCUT2D eigenvalue weighted by atomic mass is 10.1. The Kier molecular flexibility index (Phi) is 6.38. The summed E-state index contributed by atoms with van der Waals surface area (Å²) in [5.41, 5.74) is 2.07. The normalized spacial score (nSPS) is 16.0. The van der Waals surface area contributed by atoms with Crippen LogP contribution in [0.5, 0.6) is 0 Å². The molecule has 1 N–H and O–H groups in total. The van der Waals surface area contributed by atoms with E-state index in [0.29, 0.717) is 6.54 Å². The lowest BCUT2D eigenvalue weighted by Crippen LogP contribution is -2.49. The predicted molar refractivity (Wildman–Crippen MR) is 111 cm³/mol. The number of hydrogen-bond donors (Lipinski definition) is 1. The molecule has 3 aromatic rings. The molecule has 0 saturated carbocycles. The molecule has 1 atom stereocenters. The van der Waals surface area contributed by atoms with E-state index in [0.717, 1.165) is 49.8 Å². The van der Waals surface area contributed by atoms with Crippen LogP contribution in [-0.2, 0) is 6.54 Å². The lowest BCUT2D eigenvalue weighted by Gasteiger charge is -2.37. The molecule has 1 aromatic carbocycles. The van der Waals surface area contributed by atoms with Gasteiger partial charge < -0.3 is 10.2 Å². The minimum absolute atomic E-state index is 0.0978. The Labute approximate surface area is 170 Å². The quantitative estimate of drug-likeness (QED) is 0.667. The highest BCUT2D eigenvalue weighted by Crippen LogP contribution is 2.18. The predicted octanol–water partition coefficient (Wildman–Crippen LogP) is 2.66. The van der Waals surface area contributed by atoms with E-state index in [1.54, 1.807) is 18.6 Å². The smallest absolute Gasteiger partial charge is 0.147 e. The molecule has 1 saturated heterocycles. The Hall–Kier alpha value is -2.90. The third-order valence-corrected chi connectivity index (χ3v) is 5.21. The van der Waals surface area contributed by atoms with E-state index in [-0.39, 0.29) is 11.9 Å². The largest absolute Gasteiger partial charge is 0.353 e. The lowest BCUT2D eigenvalue weighted by molar-refractivity contribution is 0.228. The van der Waals surface area contributed by atoms with E-state index in [2.05, 4.69) is 30.1 Å². The zero-order valence-corrected chi connectivity index (χ0v) is 16.3. The zero-order valence-electron chi connectivity index (χ0n) is 16.3. The number of pyridine rings is 1. The summed E-state index contributed by atoms with van der Waals surface area (Å²) in [7, 11) is 0. The number of anilines is 1. The molecule has 7 heteroatoms. The first kappa shape index (κ1) is 19.4. The van der Waals surface area contributed by atoms with Crippen molar-refractivity contribution in [2.45, 2.75) is 12.6 Å². The van der Waals surface area contributed by atoms with E-state index in [1.807, 2.05) is 36.5 Å². The van der Waals surface area contributed by atoms with Gasteiger partial charge in [-0.05, 0) is 29.8 Å². The molecule has 0 aliphatic carbocycles. The van der Waals surface area contributed by atoms with Crippen LogP contribution in [0.15, 0.2) is 67.3 Å². The van der Waals surface area contributed by atoms with Gasteiger partial charge in [-0.15, -0.1) is 0 Å². The topological polar surface area (TPSA) is 57.2 Å². The van der Waals surface area contributed by atoms with Gasteiger partial charge in [-0.1, -0.05) is 18.2 Å². The van der Waals surface area contributed by atoms with Gasteiger partial charge in [0.1, 0.15) is 11.6 Å². The Balaban J connectivity index is 1.39. The van der Waals surface area contributed by atoms with Gasteiger partial charge in [-0.2, -0.15) is 0 Å². The fraction of sp³-hybridized carbons (Fsp3) is 0.318. The van der Waals surface area contributed by atoms with Crippen molar-refractivity contribution in [1.82, 2.24) is 25.2 Å². The van der Waals surface area contributed by atoms with Crippen LogP contribution in [0.25, 0.3) is 0 Å². The number of halogens is 1. The first-order valence-electron chi connectivity index (χ1n) is 9.90. The molecular formula is C22H25FN6. The van der Waals surface area contributed by atoms with Crippen molar-refractivity contribution >= 4 is 5.82 Å². The number of piperazine rings is 1. The van der Waals surface area contributed by atoms with Gasteiger partial charge in [-0.25, -0.2) is 9.37 Å². The molecule has 6 nitrogen and oxygen atoms in total. The van der Waals surface area contributed by atoms with Crippen molar-refractivity contribution in [1.29, 1.82) is 0 Å². The van der Waals surface area contributed by atoms with Crippen molar-refractivity contribution in [3.05, 3.63) is 84.3 Å².